The van der Waals surface area contributed by atoms with E-state index in [9.17, 15) is 9.59 Å². The fraction of sp³-hybridized carbons (Fsp3) is 0.185. The number of esters is 1. The Kier molecular flexibility index (Phi) is 8.21. The van der Waals surface area contributed by atoms with Crippen LogP contribution in [-0.2, 0) is 27.4 Å². The van der Waals surface area contributed by atoms with E-state index in [2.05, 4.69) is 0 Å². The summed E-state index contributed by atoms with van der Waals surface area (Å²) in [6.45, 7) is 0.381. The molecule has 5 nitrogen and oxygen atoms in total. The number of benzene rings is 3. The molecular formula is C27H27NO4. The van der Waals surface area contributed by atoms with Gasteiger partial charge in [0, 0.05) is 11.6 Å². The minimum absolute atomic E-state index is 0.381. The van der Waals surface area contributed by atoms with Crippen LogP contribution < -0.4 is 10.5 Å². The number of methoxy groups -OCH3 is 1. The fourth-order valence-corrected chi connectivity index (χ4v) is 3.44. The molecule has 3 aromatic rings. The Bertz CT molecular complexity index is 1060. The molecular weight excluding hydrogens is 402 g/mol. The van der Waals surface area contributed by atoms with Crippen molar-refractivity contribution in [3.8, 4) is 5.75 Å². The Morgan fingerprint density at radius 3 is 2.22 bits per heavy atom. The second kappa shape index (κ2) is 11.5. The van der Waals surface area contributed by atoms with Crippen molar-refractivity contribution >= 4 is 18.0 Å². The van der Waals surface area contributed by atoms with Crippen LogP contribution in [0.5, 0.6) is 5.75 Å². The van der Waals surface area contributed by atoms with Crippen molar-refractivity contribution < 1.29 is 19.1 Å². The van der Waals surface area contributed by atoms with E-state index < -0.39 is 11.9 Å². The van der Waals surface area contributed by atoms with Crippen molar-refractivity contribution in [1.82, 2.24) is 0 Å². The van der Waals surface area contributed by atoms with Gasteiger partial charge in [0.1, 0.15) is 12.4 Å². The molecule has 0 aliphatic heterocycles. The second-order valence-corrected chi connectivity index (χ2v) is 7.41. The molecule has 3 aromatic carbocycles. The van der Waals surface area contributed by atoms with Crippen molar-refractivity contribution in [2.24, 2.45) is 5.73 Å². The van der Waals surface area contributed by atoms with Crippen molar-refractivity contribution in [1.29, 1.82) is 0 Å². The number of hydrogen-bond acceptors (Lipinski definition) is 4. The molecule has 1 unspecified atom stereocenters. The molecule has 1 amide bonds. The number of primary amides is 1. The summed E-state index contributed by atoms with van der Waals surface area (Å²) in [5.41, 5.74) is 9.37. The zero-order chi connectivity index (χ0) is 22.8. The quantitative estimate of drug-likeness (QED) is 0.376. The molecule has 2 N–H and O–H groups in total. The molecule has 0 fully saturated rings. The van der Waals surface area contributed by atoms with Gasteiger partial charge in [0.15, 0.2) is 0 Å². The summed E-state index contributed by atoms with van der Waals surface area (Å²) in [5, 5.41) is 0. The van der Waals surface area contributed by atoms with Crippen molar-refractivity contribution in [2.45, 2.75) is 25.4 Å². The summed E-state index contributed by atoms with van der Waals surface area (Å²) < 4.78 is 10.7. The zero-order valence-electron chi connectivity index (χ0n) is 18.1. The predicted octanol–water partition coefficient (Wildman–Crippen LogP) is 4.65. The standard InChI is InChI=1S/C27H27NO4/c1-31-26(29)17-14-23-18-22(13-16-25(23)32-19-21-10-6-3-7-11-21)24(27(28)30)15-12-20-8-4-2-5-9-20/h2-11,13-14,16-18,24H,12,15,19H2,1H3,(H2,28,30). The van der Waals surface area contributed by atoms with Crippen LogP contribution in [0.1, 0.15) is 34.6 Å². The average molecular weight is 430 g/mol. The van der Waals surface area contributed by atoms with Crippen LogP contribution >= 0.6 is 0 Å². The highest BCUT2D eigenvalue weighted by Crippen LogP contribution is 2.29. The third-order valence-corrected chi connectivity index (χ3v) is 5.18. The Labute approximate surface area is 188 Å². The highest BCUT2D eigenvalue weighted by Gasteiger charge is 2.19. The molecule has 0 aromatic heterocycles. The molecule has 5 heteroatoms. The number of carbonyl (C=O) groups excluding carboxylic acids is 2. The van der Waals surface area contributed by atoms with Gasteiger partial charge in [0.25, 0.3) is 0 Å². The van der Waals surface area contributed by atoms with E-state index in [4.69, 9.17) is 15.2 Å². The molecule has 32 heavy (non-hydrogen) atoms. The summed E-state index contributed by atoms with van der Waals surface area (Å²) in [6, 6.07) is 25.3. The van der Waals surface area contributed by atoms with Gasteiger partial charge in [0.2, 0.25) is 5.91 Å². The van der Waals surface area contributed by atoms with Gasteiger partial charge in [0.05, 0.1) is 13.0 Å². The van der Waals surface area contributed by atoms with Crippen LogP contribution in [0, 0.1) is 0 Å². The predicted molar refractivity (Wildman–Crippen MR) is 125 cm³/mol. The van der Waals surface area contributed by atoms with Gasteiger partial charge in [-0.2, -0.15) is 0 Å². The minimum Gasteiger partial charge on any atom is -0.488 e. The Morgan fingerprint density at radius 2 is 1.59 bits per heavy atom. The number of ether oxygens (including phenoxy) is 2. The van der Waals surface area contributed by atoms with E-state index in [1.807, 2.05) is 78.9 Å². The van der Waals surface area contributed by atoms with E-state index >= 15 is 0 Å². The lowest BCUT2D eigenvalue weighted by molar-refractivity contribution is -0.134. The summed E-state index contributed by atoms with van der Waals surface area (Å²) in [7, 11) is 1.32. The molecule has 0 bridgehead atoms. The van der Waals surface area contributed by atoms with E-state index in [0.717, 1.165) is 23.1 Å². The van der Waals surface area contributed by atoms with Crippen LogP contribution in [0.2, 0.25) is 0 Å². The normalized spacial score (nSPS) is 11.8. The summed E-state index contributed by atoms with van der Waals surface area (Å²) in [6.07, 6.45) is 4.28. The summed E-state index contributed by atoms with van der Waals surface area (Å²) in [5.74, 6) is -0.714. The smallest absolute Gasteiger partial charge is 0.330 e. The van der Waals surface area contributed by atoms with Gasteiger partial charge in [-0.3, -0.25) is 4.79 Å². The number of nitrogens with two attached hydrogens (primary N) is 1. The maximum atomic E-state index is 12.2. The van der Waals surface area contributed by atoms with Gasteiger partial charge in [-0.15, -0.1) is 0 Å². The Balaban J connectivity index is 1.84. The van der Waals surface area contributed by atoms with Gasteiger partial charge >= 0.3 is 5.97 Å². The first kappa shape index (κ1) is 22.8. The first-order valence-corrected chi connectivity index (χ1v) is 10.5. The first-order chi connectivity index (χ1) is 15.6. The average Bonchev–Trinajstić information content (AvgIpc) is 2.83. The van der Waals surface area contributed by atoms with Crippen LogP contribution in [-0.4, -0.2) is 19.0 Å². The lowest BCUT2D eigenvalue weighted by atomic mass is 9.90. The Hall–Kier alpha value is -3.86. The van der Waals surface area contributed by atoms with Crippen LogP contribution in [0.4, 0.5) is 0 Å². The largest absolute Gasteiger partial charge is 0.488 e. The summed E-state index contributed by atoms with van der Waals surface area (Å²) in [4.78, 5) is 23.9. The molecule has 3 rings (SSSR count). The number of amides is 1. The topological polar surface area (TPSA) is 78.6 Å². The number of aryl methyl sites for hydroxylation is 1. The van der Waals surface area contributed by atoms with Crippen molar-refractivity contribution in [2.75, 3.05) is 7.11 Å². The molecule has 164 valence electrons. The number of carbonyl (C=O) groups is 2. The first-order valence-electron chi connectivity index (χ1n) is 10.5. The maximum Gasteiger partial charge on any atom is 0.330 e. The van der Waals surface area contributed by atoms with Gasteiger partial charge in [-0.25, -0.2) is 4.79 Å². The molecule has 0 spiro atoms. The molecule has 1 atom stereocenters. The van der Waals surface area contributed by atoms with Crippen molar-refractivity contribution in [3.05, 3.63) is 107 Å². The van der Waals surface area contributed by atoms with Gasteiger partial charge < -0.3 is 15.2 Å². The molecule has 0 saturated carbocycles. The van der Waals surface area contributed by atoms with E-state index in [1.54, 1.807) is 6.08 Å². The number of hydrogen-bond donors (Lipinski definition) is 1. The van der Waals surface area contributed by atoms with Gasteiger partial charge in [-0.1, -0.05) is 66.7 Å². The lowest BCUT2D eigenvalue weighted by Crippen LogP contribution is -2.22. The lowest BCUT2D eigenvalue weighted by Gasteiger charge is -2.17. The summed E-state index contributed by atoms with van der Waals surface area (Å²) >= 11 is 0. The second-order valence-electron chi connectivity index (χ2n) is 7.41. The highest BCUT2D eigenvalue weighted by molar-refractivity contribution is 5.88. The molecule has 0 radical (unpaired) electrons. The third kappa shape index (κ3) is 6.57. The van der Waals surface area contributed by atoms with Crippen molar-refractivity contribution in [3.63, 3.8) is 0 Å². The van der Waals surface area contributed by atoms with E-state index in [-0.39, 0.29) is 5.91 Å². The molecule has 0 saturated heterocycles. The fourth-order valence-electron chi connectivity index (χ4n) is 3.44. The van der Waals surface area contributed by atoms with Crippen LogP contribution in [0.25, 0.3) is 6.08 Å². The van der Waals surface area contributed by atoms with Crippen LogP contribution in [0.15, 0.2) is 84.9 Å². The Morgan fingerprint density at radius 1 is 0.938 bits per heavy atom. The van der Waals surface area contributed by atoms with Crippen LogP contribution in [0.3, 0.4) is 0 Å². The zero-order valence-corrected chi connectivity index (χ0v) is 18.1. The maximum absolute atomic E-state index is 12.2. The van der Waals surface area contributed by atoms with Gasteiger partial charge in [-0.05, 0) is 47.7 Å². The third-order valence-electron chi connectivity index (χ3n) is 5.18. The molecule has 0 aliphatic rings. The minimum atomic E-state index is -0.472. The molecule has 0 aliphatic carbocycles. The van der Waals surface area contributed by atoms with E-state index in [1.165, 1.54) is 13.2 Å². The SMILES string of the molecule is COC(=O)C=Cc1cc(C(CCc2ccccc2)C(N)=O)ccc1OCc1ccccc1. The monoisotopic (exact) mass is 429 g/mol. The van der Waals surface area contributed by atoms with E-state index in [0.29, 0.717) is 24.3 Å². The number of rotatable bonds is 10. The highest BCUT2D eigenvalue weighted by atomic mass is 16.5. The molecule has 0 heterocycles.